The molecule has 0 radical (unpaired) electrons. The highest BCUT2D eigenvalue weighted by molar-refractivity contribution is 7.89. The number of hydrogen-bond acceptors (Lipinski definition) is 4. The third kappa shape index (κ3) is 5.04. The van der Waals surface area contributed by atoms with Crippen LogP contribution in [0, 0.1) is 17.3 Å². The van der Waals surface area contributed by atoms with E-state index in [0.717, 1.165) is 30.7 Å². The van der Waals surface area contributed by atoms with Gasteiger partial charge in [-0.15, -0.1) is 0 Å². The molecule has 3 fully saturated rings. The molecule has 0 amide bonds. The van der Waals surface area contributed by atoms with Gasteiger partial charge >= 0.3 is 7.82 Å². The first-order valence-corrected chi connectivity index (χ1v) is 12.8. The minimum Gasteiger partial charge on any atom is -0.303 e. The Morgan fingerprint density at radius 3 is 2.43 bits per heavy atom. The predicted octanol–water partition coefficient (Wildman–Crippen LogP) is 3.22. The number of fused-ring (bicyclic) bond motifs is 2. The van der Waals surface area contributed by atoms with E-state index in [1.807, 2.05) is 0 Å². The molecule has 3 N–H and O–H groups in total. The minimum atomic E-state index is -4.40. The van der Waals surface area contributed by atoms with Gasteiger partial charge in [-0.25, -0.2) is 17.7 Å². The predicted molar refractivity (Wildman–Crippen MR) is 106 cm³/mol. The molecule has 4 rings (SSSR count). The lowest BCUT2D eigenvalue weighted by Crippen LogP contribution is -2.59. The molecule has 2 bridgehead atoms. The van der Waals surface area contributed by atoms with Gasteiger partial charge in [0, 0.05) is 6.04 Å². The van der Waals surface area contributed by atoms with E-state index < -0.39 is 17.8 Å². The average Bonchev–Trinajstić information content (AvgIpc) is 2.60. The lowest BCUT2D eigenvalue weighted by Gasteiger charge is -2.60. The maximum Gasteiger partial charge on any atom is 0.469 e. The number of phosphoric acid groups is 1. The van der Waals surface area contributed by atoms with Gasteiger partial charge in [0.25, 0.3) is 0 Å². The number of benzene rings is 1. The summed E-state index contributed by atoms with van der Waals surface area (Å²) in [5.41, 5.74) is 1.20. The molecular weight excluding hydrogens is 401 g/mol. The van der Waals surface area contributed by atoms with Gasteiger partial charge in [0.15, 0.2) is 0 Å². The molecule has 3 aliphatic rings. The molecule has 0 aromatic heterocycles. The number of rotatable bonds is 9. The van der Waals surface area contributed by atoms with Gasteiger partial charge in [0.05, 0.1) is 11.5 Å². The van der Waals surface area contributed by atoms with Crippen molar-refractivity contribution in [3.8, 4) is 0 Å². The standard InChI is InChI=1S/C19H30NO6PS/c1-19(2)15-8-11-18(17(19)13-15)20-28(24,25)16-9-6-14(7-10-16)5-3-4-12-26-27(21,22)23/h6-7,9-10,15,17-18,20H,3-5,8,11-13H2,1-2H3,(H2,21,22,23). The van der Waals surface area contributed by atoms with Crippen LogP contribution >= 0.6 is 7.82 Å². The van der Waals surface area contributed by atoms with Gasteiger partial charge in [-0.1, -0.05) is 26.0 Å². The molecule has 28 heavy (non-hydrogen) atoms. The van der Waals surface area contributed by atoms with E-state index in [-0.39, 0.29) is 23.0 Å². The molecule has 158 valence electrons. The van der Waals surface area contributed by atoms with Crippen LogP contribution in [0.5, 0.6) is 0 Å². The molecule has 9 heteroatoms. The van der Waals surface area contributed by atoms with Crippen molar-refractivity contribution in [3.63, 3.8) is 0 Å². The Hall–Kier alpha value is -0.760. The maximum absolute atomic E-state index is 12.8. The first kappa shape index (κ1) is 21.9. The Morgan fingerprint density at radius 2 is 1.86 bits per heavy atom. The number of nitrogens with one attached hydrogen (secondary N) is 1. The topological polar surface area (TPSA) is 113 Å². The van der Waals surface area contributed by atoms with Crippen LogP contribution in [0.2, 0.25) is 0 Å². The number of phosphoric ester groups is 1. The van der Waals surface area contributed by atoms with E-state index >= 15 is 0 Å². The average molecular weight is 431 g/mol. The molecule has 3 atom stereocenters. The van der Waals surface area contributed by atoms with Crippen LogP contribution in [0.4, 0.5) is 0 Å². The molecule has 3 aliphatic carbocycles. The molecule has 7 nitrogen and oxygen atoms in total. The highest BCUT2D eigenvalue weighted by Crippen LogP contribution is 2.59. The van der Waals surface area contributed by atoms with Crippen LogP contribution < -0.4 is 4.72 Å². The Balaban J connectivity index is 1.51. The van der Waals surface area contributed by atoms with Gasteiger partial charge in [-0.2, -0.15) is 0 Å². The van der Waals surface area contributed by atoms with Crippen molar-refractivity contribution in [1.29, 1.82) is 0 Å². The fraction of sp³-hybridized carbons (Fsp3) is 0.684. The molecule has 0 spiro atoms. The zero-order valence-corrected chi connectivity index (χ0v) is 18.1. The lowest BCUT2D eigenvalue weighted by atomic mass is 9.47. The number of aryl methyl sites for hydroxylation is 1. The quantitative estimate of drug-likeness (QED) is 0.409. The van der Waals surface area contributed by atoms with Crippen LogP contribution in [0.1, 0.15) is 51.5 Å². The van der Waals surface area contributed by atoms with Crippen molar-refractivity contribution in [2.24, 2.45) is 17.3 Å². The van der Waals surface area contributed by atoms with Crippen LogP contribution in [-0.2, 0) is 25.5 Å². The summed E-state index contributed by atoms with van der Waals surface area (Å²) in [4.78, 5) is 17.5. The van der Waals surface area contributed by atoms with Crippen molar-refractivity contribution in [2.45, 2.75) is 63.3 Å². The summed E-state index contributed by atoms with van der Waals surface area (Å²) in [6.45, 7) is 4.48. The number of unbranched alkanes of at least 4 members (excludes halogenated alkanes) is 1. The summed E-state index contributed by atoms with van der Waals surface area (Å²) >= 11 is 0. The molecule has 1 aromatic carbocycles. The normalized spacial score (nSPS) is 26.6. The Morgan fingerprint density at radius 1 is 1.18 bits per heavy atom. The van der Waals surface area contributed by atoms with Crippen molar-refractivity contribution >= 4 is 17.8 Å². The molecule has 3 unspecified atom stereocenters. The molecule has 0 heterocycles. The van der Waals surface area contributed by atoms with Gasteiger partial charge in [0.1, 0.15) is 0 Å². The Bertz CT molecular complexity index is 830. The minimum absolute atomic E-state index is 0.000418. The third-order valence-electron chi connectivity index (χ3n) is 6.52. The lowest BCUT2D eigenvalue weighted by molar-refractivity contribution is -0.0816. The second kappa shape index (κ2) is 8.17. The highest BCUT2D eigenvalue weighted by Gasteiger charge is 2.54. The summed E-state index contributed by atoms with van der Waals surface area (Å²) in [5, 5.41) is 0. The molecule has 1 aromatic rings. The first-order valence-electron chi connectivity index (χ1n) is 9.80. The van der Waals surface area contributed by atoms with Crippen molar-refractivity contribution in [1.82, 2.24) is 4.72 Å². The summed E-state index contributed by atoms with van der Waals surface area (Å²) in [5.74, 6) is 1.14. The van der Waals surface area contributed by atoms with E-state index in [1.165, 1.54) is 0 Å². The maximum atomic E-state index is 12.8. The van der Waals surface area contributed by atoms with E-state index in [1.54, 1.807) is 24.3 Å². The van der Waals surface area contributed by atoms with Crippen molar-refractivity contribution in [2.75, 3.05) is 6.61 Å². The van der Waals surface area contributed by atoms with Gasteiger partial charge in [-0.3, -0.25) is 4.52 Å². The van der Waals surface area contributed by atoms with Gasteiger partial charge in [0.2, 0.25) is 10.0 Å². The zero-order chi connectivity index (χ0) is 20.6. The highest BCUT2D eigenvalue weighted by atomic mass is 32.2. The van der Waals surface area contributed by atoms with E-state index in [0.29, 0.717) is 25.2 Å². The second-order valence-electron chi connectivity index (χ2n) is 8.59. The second-order valence-corrected chi connectivity index (χ2v) is 11.5. The third-order valence-corrected chi connectivity index (χ3v) is 8.54. The van der Waals surface area contributed by atoms with E-state index in [2.05, 4.69) is 23.1 Å². The van der Waals surface area contributed by atoms with E-state index in [9.17, 15) is 13.0 Å². The molecular formula is C19H30NO6PS. The Kier molecular flexibility index (Phi) is 6.40. The van der Waals surface area contributed by atoms with Crippen molar-refractivity contribution in [3.05, 3.63) is 29.8 Å². The zero-order valence-electron chi connectivity index (χ0n) is 16.4. The number of sulfonamides is 1. The SMILES string of the molecule is CC1(C)C2CCC(NS(=O)(=O)c3ccc(CCCCOP(=O)(O)O)cc3)C1C2. The van der Waals surface area contributed by atoms with Gasteiger partial charge < -0.3 is 9.79 Å². The Labute approximate surface area is 167 Å². The smallest absolute Gasteiger partial charge is 0.303 e. The van der Waals surface area contributed by atoms with Gasteiger partial charge in [-0.05, 0) is 73.5 Å². The summed E-state index contributed by atoms with van der Waals surface area (Å²) in [6, 6.07) is 6.85. The fourth-order valence-corrected chi connectivity index (χ4v) is 6.35. The summed E-state index contributed by atoms with van der Waals surface area (Å²) in [6.07, 6.45) is 5.02. The number of hydrogen-bond donors (Lipinski definition) is 3. The van der Waals surface area contributed by atoms with Crippen molar-refractivity contribution < 1.29 is 27.3 Å². The van der Waals surface area contributed by atoms with Crippen LogP contribution in [0.15, 0.2) is 29.2 Å². The first-order chi connectivity index (χ1) is 13.0. The van der Waals surface area contributed by atoms with Crippen LogP contribution in [-0.4, -0.2) is 30.9 Å². The van der Waals surface area contributed by atoms with Crippen LogP contribution in [0.25, 0.3) is 0 Å². The van der Waals surface area contributed by atoms with E-state index in [4.69, 9.17) is 9.79 Å². The molecule has 0 aliphatic heterocycles. The monoisotopic (exact) mass is 431 g/mol. The summed E-state index contributed by atoms with van der Waals surface area (Å²) < 4.78 is 43.5. The largest absolute Gasteiger partial charge is 0.469 e. The fourth-order valence-electron chi connectivity index (χ4n) is 4.67. The molecule has 3 saturated carbocycles. The van der Waals surface area contributed by atoms with Crippen LogP contribution in [0.3, 0.4) is 0 Å². The molecule has 0 saturated heterocycles. The summed E-state index contributed by atoms with van der Waals surface area (Å²) in [7, 11) is -7.94.